The summed E-state index contributed by atoms with van der Waals surface area (Å²) in [5.41, 5.74) is 2.36. The molecular formula is C21H33N5O. The number of aromatic nitrogens is 2. The Labute approximate surface area is 162 Å². The molecule has 6 heteroatoms. The van der Waals surface area contributed by atoms with Gasteiger partial charge in [-0.05, 0) is 30.9 Å². The van der Waals surface area contributed by atoms with E-state index in [-0.39, 0.29) is 0 Å². The number of benzene rings is 1. The van der Waals surface area contributed by atoms with Crippen LogP contribution in [0.1, 0.15) is 26.7 Å². The van der Waals surface area contributed by atoms with Crippen LogP contribution < -0.4 is 4.90 Å². The maximum Gasteiger partial charge on any atom is 0.208 e. The number of hydrogen-bond acceptors (Lipinski definition) is 5. The molecule has 0 aliphatic carbocycles. The lowest BCUT2D eigenvalue weighted by atomic mass is 10.1. The van der Waals surface area contributed by atoms with Crippen LogP contribution in [0.5, 0.6) is 0 Å². The predicted octanol–water partition coefficient (Wildman–Crippen LogP) is 2.84. The van der Waals surface area contributed by atoms with Gasteiger partial charge in [-0.15, -0.1) is 0 Å². The molecule has 1 saturated heterocycles. The summed E-state index contributed by atoms with van der Waals surface area (Å²) in [6, 6.07) is 8.53. The molecule has 0 radical (unpaired) electrons. The molecule has 1 fully saturated rings. The van der Waals surface area contributed by atoms with Crippen molar-refractivity contribution in [3.8, 4) is 0 Å². The Bertz CT molecular complexity index is 737. The van der Waals surface area contributed by atoms with Crippen molar-refractivity contribution in [3.63, 3.8) is 0 Å². The van der Waals surface area contributed by atoms with Crippen LogP contribution in [0.2, 0.25) is 0 Å². The Balaban J connectivity index is 1.47. The summed E-state index contributed by atoms with van der Waals surface area (Å²) in [5, 5.41) is 0. The molecule has 0 N–H and O–H groups in total. The molecule has 0 saturated carbocycles. The van der Waals surface area contributed by atoms with E-state index < -0.39 is 0 Å². The molecule has 0 amide bonds. The first-order valence-corrected chi connectivity index (χ1v) is 10.4. The summed E-state index contributed by atoms with van der Waals surface area (Å²) in [6.07, 6.45) is 2.41. The van der Waals surface area contributed by atoms with Gasteiger partial charge in [-0.3, -0.25) is 14.4 Å². The topological polar surface area (TPSA) is 36.8 Å². The van der Waals surface area contributed by atoms with E-state index >= 15 is 0 Å². The van der Waals surface area contributed by atoms with Gasteiger partial charge in [0.05, 0.1) is 37.6 Å². The van der Waals surface area contributed by atoms with Crippen molar-refractivity contribution in [1.29, 1.82) is 0 Å². The molecule has 3 heterocycles. The van der Waals surface area contributed by atoms with E-state index in [1.165, 1.54) is 18.4 Å². The summed E-state index contributed by atoms with van der Waals surface area (Å²) in [6.45, 7) is 13.8. The van der Waals surface area contributed by atoms with E-state index in [1.807, 2.05) is 0 Å². The number of rotatable bonds is 7. The van der Waals surface area contributed by atoms with Crippen LogP contribution in [0.3, 0.4) is 0 Å². The number of fused-ring (bicyclic) bond motifs is 3. The highest BCUT2D eigenvalue weighted by molar-refractivity contribution is 5.79. The molecule has 2 aliphatic rings. The van der Waals surface area contributed by atoms with E-state index in [0.717, 1.165) is 76.7 Å². The molecule has 1 aromatic heterocycles. The fraction of sp³-hybridized carbons (Fsp3) is 0.667. The number of anilines is 1. The van der Waals surface area contributed by atoms with Crippen LogP contribution in [0.25, 0.3) is 11.0 Å². The normalized spacial score (nSPS) is 19.1. The first-order valence-electron chi connectivity index (χ1n) is 10.4. The van der Waals surface area contributed by atoms with Crippen molar-refractivity contribution in [2.45, 2.75) is 33.4 Å². The summed E-state index contributed by atoms with van der Waals surface area (Å²) in [7, 11) is 0. The van der Waals surface area contributed by atoms with Crippen LogP contribution in [-0.4, -0.2) is 72.0 Å². The second-order valence-corrected chi connectivity index (χ2v) is 8.26. The number of para-hydroxylation sites is 2. The molecule has 148 valence electrons. The molecule has 0 bridgehead atoms. The average molecular weight is 372 g/mol. The van der Waals surface area contributed by atoms with Gasteiger partial charge < -0.3 is 9.64 Å². The third kappa shape index (κ3) is 4.45. The zero-order valence-electron chi connectivity index (χ0n) is 16.8. The SMILES string of the molecule is CC(C)CCN1CN(CCCN2CCOCC2)c2nc3ccccc3n2C1. The van der Waals surface area contributed by atoms with Crippen LogP contribution in [0.15, 0.2) is 24.3 Å². The van der Waals surface area contributed by atoms with Crippen molar-refractivity contribution in [3.05, 3.63) is 24.3 Å². The minimum absolute atomic E-state index is 0.737. The molecular weight excluding hydrogens is 338 g/mol. The van der Waals surface area contributed by atoms with Crippen LogP contribution in [-0.2, 0) is 11.4 Å². The Morgan fingerprint density at radius 2 is 1.81 bits per heavy atom. The number of morpholine rings is 1. The Hall–Kier alpha value is -1.63. The first kappa shape index (κ1) is 18.7. The Kier molecular flexibility index (Phi) is 5.95. The number of imidazole rings is 1. The third-order valence-electron chi connectivity index (χ3n) is 5.66. The van der Waals surface area contributed by atoms with Gasteiger partial charge in [0, 0.05) is 32.7 Å². The van der Waals surface area contributed by atoms with Crippen molar-refractivity contribution in [1.82, 2.24) is 19.4 Å². The highest BCUT2D eigenvalue weighted by atomic mass is 16.5. The average Bonchev–Trinajstić information content (AvgIpc) is 3.06. The minimum Gasteiger partial charge on any atom is -0.379 e. The second kappa shape index (κ2) is 8.59. The standard InChI is InChI=1S/C21H33N5O/c1-18(2)8-11-24-16-25(10-5-9-23-12-14-27-15-13-23)21-22-19-6-3-4-7-20(19)26(21)17-24/h3-4,6-7,18H,5,8-17H2,1-2H3. The second-order valence-electron chi connectivity index (χ2n) is 8.26. The maximum atomic E-state index is 5.46. The highest BCUT2D eigenvalue weighted by Gasteiger charge is 2.25. The summed E-state index contributed by atoms with van der Waals surface area (Å²) >= 11 is 0. The molecule has 0 atom stereocenters. The van der Waals surface area contributed by atoms with Gasteiger partial charge in [-0.25, -0.2) is 4.98 Å². The lowest BCUT2D eigenvalue weighted by Gasteiger charge is -2.38. The van der Waals surface area contributed by atoms with Gasteiger partial charge in [0.15, 0.2) is 0 Å². The van der Waals surface area contributed by atoms with E-state index in [2.05, 4.69) is 57.4 Å². The zero-order chi connectivity index (χ0) is 18.6. The molecule has 0 spiro atoms. The molecule has 2 aliphatic heterocycles. The van der Waals surface area contributed by atoms with Crippen molar-refractivity contribution < 1.29 is 4.74 Å². The third-order valence-corrected chi connectivity index (χ3v) is 5.66. The van der Waals surface area contributed by atoms with Crippen molar-refractivity contribution >= 4 is 17.0 Å². The Morgan fingerprint density at radius 3 is 2.63 bits per heavy atom. The van der Waals surface area contributed by atoms with Crippen LogP contribution >= 0.6 is 0 Å². The molecule has 1 aromatic carbocycles. The summed E-state index contributed by atoms with van der Waals surface area (Å²) in [4.78, 5) is 12.5. The van der Waals surface area contributed by atoms with Crippen molar-refractivity contribution in [2.24, 2.45) is 5.92 Å². The van der Waals surface area contributed by atoms with E-state index in [4.69, 9.17) is 9.72 Å². The molecule has 4 rings (SSSR count). The zero-order valence-corrected chi connectivity index (χ0v) is 16.8. The van der Waals surface area contributed by atoms with E-state index in [1.54, 1.807) is 0 Å². The van der Waals surface area contributed by atoms with E-state index in [0.29, 0.717) is 0 Å². The molecule has 2 aromatic rings. The fourth-order valence-corrected chi connectivity index (χ4v) is 4.06. The smallest absolute Gasteiger partial charge is 0.208 e. The summed E-state index contributed by atoms with van der Waals surface area (Å²) in [5.74, 6) is 1.87. The van der Waals surface area contributed by atoms with E-state index in [9.17, 15) is 0 Å². The van der Waals surface area contributed by atoms with Crippen molar-refractivity contribution in [2.75, 3.05) is 57.5 Å². The largest absolute Gasteiger partial charge is 0.379 e. The fourth-order valence-electron chi connectivity index (χ4n) is 4.06. The monoisotopic (exact) mass is 371 g/mol. The van der Waals surface area contributed by atoms with Gasteiger partial charge in [0.2, 0.25) is 5.95 Å². The number of hydrogen-bond donors (Lipinski definition) is 0. The van der Waals surface area contributed by atoms with Gasteiger partial charge in [0.25, 0.3) is 0 Å². The molecule has 27 heavy (non-hydrogen) atoms. The van der Waals surface area contributed by atoms with Gasteiger partial charge in [-0.1, -0.05) is 26.0 Å². The predicted molar refractivity (Wildman–Crippen MR) is 110 cm³/mol. The number of nitrogens with zero attached hydrogens (tertiary/aromatic N) is 5. The Morgan fingerprint density at radius 1 is 1.00 bits per heavy atom. The molecule has 0 unspecified atom stereocenters. The maximum absolute atomic E-state index is 5.46. The van der Waals surface area contributed by atoms with Crippen LogP contribution in [0, 0.1) is 5.92 Å². The van der Waals surface area contributed by atoms with Gasteiger partial charge in [0.1, 0.15) is 0 Å². The summed E-state index contributed by atoms with van der Waals surface area (Å²) < 4.78 is 7.86. The lowest BCUT2D eigenvalue weighted by Crippen LogP contribution is -2.46. The van der Waals surface area contributed by atoms with Gasteiger partial charge in [-0.2, -0.15) is 0 Å². The number of ether oxygens (including phenoxy) is 1. The van der Waals surface area contributed by atoms with Crippen LogP contribution in [0.4, 0.5) is 5.95 Å². The quantitative estimate of drug-likeness (QED) is 0.748. The molecule has 6 nitrogen and oxygen atoms in total. The van der Waals surface area contributed by atoms with Gasteiger partial charge >= 0.3 is 0 Å². The first-order chi connectivity index (χ1) is 13.2. The minimum atomic E-state index is 0.737. The lowest BCUT2D eigenvalue weighted by molar-refractivity contribution is 0.0375. The highest BCUT2D eigenvalue weighted by Crippen LogP contribution is 2.27.